The van der Waals surface area contributed by atoms with Crippen LogP contribution in [0.25, 0.3) is 0 Å². The van der Waals surface area contributed by atoms with Crippen molar-refractivity contribution < 1.29 is 5.11 Å². The molecule has 0 aliphatic heterocycles. The van der Waals surface area contributed by atoms with Gasteiger partial charge in [-0.3, -0.25) is 4.68 Å². The van der Waals surface area contributed by atoms with Crippen molar-refractivity contribution in [2.24, 2.45) is 7.05 Å². The number of hydrogen-bond donors (Lipinski definition) is 2. The minimum atomic E-state index is -0.450. The van der Waals surface area contributed by atoms with Gasteiger partial charge in [0.05, 0.1) is 12.3 Å². The summed E-state index contributed by atoms with van der Waals surface area (Å²) in [5, 5.41) is 16.9. The minimum absolute atomic E-state index is 0.450. The molecule has 1 aromatic rings. The van der Waals surface area contributed by atoms with Gasteiger partial charge in [0.1, 0.15) is 0 Å². The molecule has 0 radical (unpaired) electrons. The fraction of sp³-hybridized carbons (Fsp3) is 0.667. The van der Waals surface area contributed by atoms with Crippen LogP contribution in [0.1, 0.15) is 24.3 Å². The van der Waals surface area contributed by atoms with Gasteiger partial charge in [-0.2, -0.15) is 5.10 Å². The van der Waals surface area contributed by atoms with Crippen molar-refractivity contribution in [3.63, 3.8) is 0 Å². The highest BCUT2D eigenvalue weighted by Gasteiger charge is 2.12. The number of likely N-dealkylation sites (N-methyl/N-ethyl adjacent to an activating group) is 1. The van der Waals surface area contributed by atoms with Crippen molar-refractivity contribution in [2.75, 3.05) is 13.1 Å². The predicted octanol–water partition coefficient (Wildman–Crippen LogP) is 0.371. The van der Waals surface area contributed by atoms with Crippen molar-refractivity contribution in [2.45, 2.75) is 20.0 Å². The number of nitrogens with one attached hydrogen (secondary N) is 1. The molecule has 0 fully saturated rings. The summed E-state index contributed by atoms with van der Waals surface area (Å²) in [5.41, 5.74) is 1.92. The van der Waals surface area contributed by atoms with Gasteiger partial charge in [0.25, 0.3) is 0 Å². The number of rotatable bonds is 4. The zero-order valence-corrected chi connectivity index (χ0v) is 8.41. The molecule has 13 heavy (non-hydrogen) atoms. The van der Waals surface area contributed by atoms with E-state index in [1.807, 2.05) is 20.9 Å². The van der Waals surface area contributed by atoms with Crippen LogP contribution in [0.5, 0.6) is 0 Å². The van der Waals surface area contributed by atoms with Gasteiger partial charge in [0.2, 0.25) is 0 Å². The Bertz CT molecular complexity index is 270. The molecule has 0 bridgehead atoms. The third-order valence-corrected chi connectivity index (χ3v) is 2.22. The van der Waals surface area contributed by atoms with Crippen molar-refractivity contribution >= 4 is 0 Å². The smallest absolute Gasteiger partial charge is 0.0947 e. The summed E-state index contributed by atoms with van der Waals surface area (Å²) < 4.78 is 1.77. The highest BCUT2D eigenvalue weighted by molar-refractivity contribution is 5.18. The molecule has 0 amide bonds. The van der Waals surface area contributed by atoms with Gasteiger partial charge in [-0.25, -0.2) is 0 Å². The molecule has 1 unspecified atom stereocenters. The zero-order valence-electron chi connectivity index (χ0n) is 8.41. The highest BCUT2D eigenvalue weighted by atomic mass is 16.3. The molecule has 4 nitrogen and oxygen atoms in total. The molecule has 1 atom stereocenters. The van der Waals surface area contributed by atoms with Crippen molar-refractivity contribution in [1.82, 2.24) is 15.1 Å². The maximum atomic E-state index is 9.73. The second kappa shape index (κ2) is 4.39. The third kappa shape index (κ3) is 2.29. The molecular weight excluding hydrogens is 166 g/mol. The first-order valence-corrected chi connectivity index (χ1v) is 4.54. The molecule has 1 aromatic heterocycles. The maximum absolute atomic E-state index is 9.73. The lowest BCUT2D eigenvalue weighted by molar-refractivity contribution is 0.175. The van der Waals surface area contributed by atoms with Gasteiger partial charge >= 0.3 is 0 Å². The molecule has 1 rings (SSSR count). The van der Waals surface area contributed by atoms with E-state index in [1.54, 1.807) is 10.9 Å². The fourth-order valence-electron chi connectivity index (χ4n) is 1.23. The molecule has 0 aromatic carbocycles. The zero-order chi connectivity index (χ0) is 9.84. The van der Waals surface area contributed by atoms with Crippen LogP contribution in [-0.2, 0) is 7.05 Å². The molecule has 2 N–H and O–H groups in total. The van der Waals surface area contributed by atoms with E-state index in [-0.39, 0.29) is 0 Å². The molecule has 1 heterocycles. The van der Waals surface area contributed by atoms with Crippen LogP contribution in [-0.4, -0.2) is 28.0 Å². The number of aromatic nitrogens is 2. The van der Waals surface area contributed by atoms with Gasteiger partial charge < -0.3 is 10.4 Å². The van der Waals surface area contributed by atoms with Crippen LogP contribution in [0.2, 0.25) is 0 Å². The van der Waals surface area contributed by atoms with Crippen molar-refractivity contribution in [3.8, 4) is 0 Å². The van der Waals surface area contributed by atoms with Crippen LogP contribution in [0.15, 0.2) is 6.20 Å². The van der Waals surface area contributed by atoms with Crippen LogP contribution in [0, 0.1) is 6.92 Å². The molecule has 0 aliphatic rings. The van der Waals surface area contributed by atoms with Crippen LogP contribution < -0.4 is 5.32 Å². The number of aryl methyl sites for hydroxylation is 1. The number of hydrogen-bond acceptors (Lipinski definition) is 3. The van der Waals surface area contributed by atoms with E-state index in [9.17, 15) is 5.11 Å². The molecule has 0 saturated carbocycles. The lowest BCUT2D eigenvalue weighted by Crippen LogP contribution is -2.21. The van der Waals surface area contributed by atoms with E-state index in [1.165, 1.54) is 0 Å². The summed E-state index contributed by atoms with van der Waals surface area (Å²) in [5.74, 6) is 0. The Labute approximate surface area is 78.6 Å². The van der Waals surface area contributed by atoms with E-state index >= 15 is 0 Å². The Morgan fingerprint density at radius 3 is 2.85 bits per heavy atom. The van der Waals surface area contributed by atoms with Gasteiger partial charge in [-0.15, -0.1) is 0 Å². The van der Waals surface area contributed by atoms with Crippen LogP contribution in [0.4, 0.5) is 0 Å². The molecule has 4 heteroatoms. The second-order valence-electron chi connectivity index (χ2n) is 3.13. The maximum Gasteiger partial charge on any atom is 0.0947 e. The third-order valence-electron chi connectivity index (χ3n) is 2.22. The summed E-state index contributed by atoms with van der Waals surface area (Å²) in [6.07, 6.45) is 1.27. The molecule has 74 valence electrons. The average molecular weight is 183 g/mol. The van der Waals surface area contributed by atoms with E-state index in [4.69, 9.17) is 0 Å². The molecule has 0 saturated heterocycles. The Morgan fingerprint density at radius 1 is 1.69 bits per heavy atom. The number of aliphatic hydroxyl groups is 1. The van der Waals surface area contributed by atoms with Gasteiger partial charge in [0, 0.05) is 24.8 Å². The first-order chi connectivity index (χ1) is 6.16. The lowest BCUT2D eigenvalue weighted by Gasteiger charge is -2.10. The summed E-state index contributed by atoms with van der Waals surface area (Å²) in [4.78, 5) is 0. The van der Waals surface area contributed by atoms with E-state index in [2.05, 4.69) is 10.4 Å². The molecular formula is C9H17N3O. The lowest BCUT2D eigenvalue weighted by atomic mass is 10.1. The quantitative estimate of drug-likeness (QED) is 0.709. The second-order valence-corrected chi connectivity index (χ2v) is 3.13. The van der Waals surface area contributed by atoms with Crippen LogP contribution >= 0.6 is 0 Å². The van der Waals surface area contributed by atoms with E-state index in [0.29, 0.717) is 6.54 Å². The molecule has 0 spiro atoms. The Morgan fingerprint density at radius 2 is 2.38 bits per heavy atom. The summed E-state index contributed by atoms with van der Waals surface area (Å²) >= 11 is 0. The summed E-state index contributed by atoms with van der Waals surface area (Å²) in [6.45, 7) is 5.43. The Hall–Kier alpha value is -0.870. The topological polar surface area (TPSA) is 50.1 Å². The Kier molecular flexibility index (Phi) is 3.45. The van der Waals surface area contributed by atoms with E-state index < -0.39 is 6.10 Å². The molecule has 0 aliphatic carbocycles. The highest BCUT2D eigenvalue weighted by Crippen LogP contribution is 2.15. The van der Waals surface area contributed by atoms with Crippen molar-refractivity contribution in [1.29, 1.82) is 0 Å². The first-order valence-electron chi connectivity index (χ1n) is 4.54. The Balaban J connectivity index is 2.65. The first kappa shape index (κ1) is 10.2. The summed E-state index contributed by atoms with van der Waals surface area (Å²) in [7, 11) is 1.87. The van der Waals surface area contributed by atoms with Gasteiger partial charge in [-0.1, -0.05) is 6.92 Å². The van der Waals surface area contributed by atoms with Crippen molar-refractivity contribution in [3.05, 3.63) is 17.5 Å². The monoisotopic (exact) mass is 183 g/mol. The van der Waals surface area contributed by atoms with E-state index in [0.717, 1.165) is 17.8 Å². The van der Waals surface area contributed by atoms with Gasteiger partial charge in [0.15, 0.2) is 0 Å². The van der Waals surface area contributed by atoms with Crippen LogP contribution in [0.3, 0.4) is 0 Å². The SMILES string of the molecule is CCNCC(O)c1cnn(C)c1C. The standard InChI is InChI=1S/C9H17N3O/c1-4-10-6-9(13)8-5-11-12(3)7(8)2/h5,9-10,13H,4,6H2,1-3H3. The predicted molar refractivity (Wildman–Crippen MR) is 51.4 cm³/mol. The van der Waals surface area contributed by atoms with Gasteiger partial charge in [-0.05, 0) is 13.5 Å². The largest absolute Gasteiger partial charge is 0.387 e. The minimum Gasteiger partial charge on any atom is -0.387 e. The normalized spacial score (nSPS) is 13.2. The number of aliphatic hydroxyl groups excluding tert-OH is 1. The number of nitrogens with zero attached hydrogens (tertiary/aromatic N) is 2. The fourth-order valence-corrected chi connectivity index (χ4v) is 1.23. The summed E-state index contributed by atoms with van der Waals surface area (Å²) in [6, 6.07) is 0. The average Bonchev–Trinajstić information content (AvgIpc) is 2.44.